The van der Waals surface area contributed by atoms with Crippen LogP contribution in [0.5, 0.6) is 0 Å². The van der Waals surface area contributed by atoms with Crippen LogP contribution in [0, 0.1) is 16.6 Å². The molecule has 33 heavy (non-hydrogen) atoms. The molecule has 4 rings (SSSR count). The van der Waals surface area contributed by atoms with Gasteiger partial charge in [0.25, 0.3) is 5.91 Å². The standard InChI is InChI=1S/C21H17F3N8O/c1-27-19(33)16-5-3-11(9-28-16)14-7-8-17(25)32(30-14)20(26)21(23,24)13-4-6-15-12(18(13)22)10-31(2)29-15/h3-10,25-26H,1-2H3,(H,27,33). The van der Waals surface area contributed by atoms with Gasteiger partial charge >= 0.3 is 5.92 Å². The average Bonchev–Trinajstić information content (AvgIpc) is 3.20. The van der Waals surface area contributed by atoms with Crippen LogP contribution in [0.15, 0.2) is 48.8 Å². The molecule has 3 heterocycles. The molecule has 1 aromatic carbocycles. The van der Waals surface area contributed by atoms with Crippen molar-refractivity contribution in [2.45, 2.75) is 5.92 Å². The van der Waals surface area contributed by atoms with E-state index in [4.69, 9.17) is 10.8 Å². The summed E-state index contributed by atoms with van der Waals surface area (Å²) in [6.07, 6.45) is 2.59. The molecule has 0 bridgehead atoms. The zero-order valence-electron chi connectivity index (χ0n) is 17.4. The first-order valence-corrected chi connectivity index (χ1v) is 9.56. The fourth-order valence-electron chi connectivity index (χ4n) is 3.24. The summed E-state index contributed by atoms with van der Waals surface area (Å²) in [5.41, 5.74) is -0.680. The number of alkyl halides is 2. The van der Waals surface area contributed by atoms with E-state index in [0.29, 0.717) is 10.2 Å². The SMILES string of the molecule is CNC(=O)c1ccc(-c2ccc(=N)n(C(=N)C(F)(F)c3ccc4nn(C)cc4c3F)n2)cn1. The van der Waals surface area contributed by atoms with Crippen molar-refractivity contribution in [1.82, 2.24) is 29.9 Å². The highest BCUT2D eigenvalue weighted by atomic mass is 19.3. The highest BCUT2D eigenvalue weighted by Crippen LogP contribution is 2.34. The molecule has 0 radical (unpaired) electrons. The van der Waals surface area contributed by atoms with Crippen molar-refractivity contribution in [3.05, 3.63) is 71.4 Å². The Morgan fingerprint density at radius 1 is 1.12 bits per heavy atom. The predicted octanol–water partition coefficient (Wildman–Crippen LogP) is 2.43. The summed E-state index contributed by atoms with van der Waals surface area (Å²) in [6.45, 7) is 0. The first kappa shape index (κ1) is 21.9. The minimum Gasteiger partial charge on any atom is -0.354 e. The van der Waals surface area contributed by atoms with E-state index in [1.165, 1.54) is 61.5 Å². The topological polar surface area (TPSA) is 125 Å². The molecule has 12 heteroatoms. The van der Waals surface area contributed by atoms with Gasteiger partial charge in [0.15, 0.2) is 5.84 Å². The van der Waals surface area contributed by atoms with Crippen LogP contribution in [-0.2, 0) is 13.0 Å². The van der Waals surface area contributed by atoms with Gasteiger partial charge in [-0.3, -0.25) is 25.3 Å². The van der Waals surface area contributed by atoms with Crippen LogP contribution in [0.25, 0.3) is 22.2 Å². The Bertz CT molecular complexity index is 1460. The van der Waals surface area contributed by atoms with Gasteiger partial charge in [-0.25, -0.2) is 4.39 Å². The average molecular weight is 454 g/mol. The van der Waals surface area contributed by atoms with Gasteiger partial charge < -0.3 is 5.32 Å². The number of rotatable bonds is 4. The molecule has 9 nitrogen and oxygen atoms in total. The van der Waals surface area contributed by atoms with Crippen LogP contribution in [0.4, 0.5) is 13.2 Å². The lowest BCUT2D eigenvalue weighted by molar-refractivity contribution is 0.0657. The minimum atomic E-state index is -4.10. The van der Waals surface area contributed by atoms with Gasteiger partial charge in [-0.1, -0.05) is 0 Å². The number of hydrogen-bond acceptors (Lipinski definition) is 6. The molecule has 3 N–H and O–H groups in total. The summed E-state index contributed by atoms with van der Waals surface area (Å²) in [5, 5.41) is 26.3. The Labute approximate surface area is 184 Å². The summed E-state index contributed by atoms with van der Waals surface area (Å²) in [5.74, 6) is -7.10. The smallest absolute Gasteiger partial charge is 0.334 e. The minimum absolute atomic E-state index is 0.109. The van der Waals surface area contributed by atoms with Gasteiger partial charge in [0.05, 0.1) is 22.2 Å². The predicted molar refractivity (Wildman–Crippen MR) is 112 cm³/mol. The maximum Gasteiger partial charge on any atom is 0.334 e. The van der Waals surface area contributed by atoms with Crippen LogP contribution in [0.1, 0.15) is 16.1 Å². The van der Waals surface area contributed by atoms with Crippen LogP contribution in [0.3, 0.4) is 0 Å². The van der Waals surface area contributed by atoms with E-state index >= 15 is 8.78 Å². The summed E-state index contributed by atoms with van der Waals surface area (Å²) in [7, 11) is 2.99. The van der Waals surface area contributed by atoms with Crippen molar-refractivity contribution in [3.63, 3.8) is 0 Å². The largest absolute Gasteiger partial charge is 0.354 e. The van der Waals surface area contributed by atoms with E-state index in [9.17, 15) is 9.18 Å². The normalized spacial score (nSPS) is 11.5. The van der Waals surface area contributed by atoms with Crippen molar-refractivity contribution < 1.29 is 18.0 Å². The summed E-state index contributed by atoms with van der Waals surface area (Å²) in [4.78, 5) is 15.6. The zero-order chi connectivity index (χ0) is 23.9. The molecule has 0 saturated carbocycles. The molecule has 4 aromatic rings. The number of pyridine rings is 1. The van der Waals surface area contributed by atoms with E-state index in [1.807, 2.05) is 0 Å². The fraction of sp³-hybridized carbons (Fsp3) is 0.143. The monoisotopic (exact) mass is 454 g/mol. The molecular formula is C21H17F3N8O. The Balaban J connectivity index is 1.74. The lowest BCUT2D eigenvalue weighted by Gasteiger charge is -2.20. The van der Waals surface area contributed by atoms with Crippen molar-refractivity contribution in [2.24, 2.45) is 7.05 Å². The molecule has 0 aliphatic rings. The van der Waals surface area contributed by atoms with Gasteiger partial charge in [-0.15, -0.1) is 0 Å². The summed E-state index contributed by atoms with van der Waals surface area (Å²) in [6, 6.07) is 7.61. The third kappa shape index (κ3) is 3.75. The molecule has 0 atom stereocenters. The molecule has 3 aromatic heterocycles. The number of carbonyl (C=O) groups excluding carboxylic acids is 1. The van der Waals surface area contributed by atoms with Crippen LogP contribution in [0.2, 0.25) is 0 Å². The molecule has 0 spiro atoms. The molecular weight excluding hydrogens is 437 g/mol. The lowest BCUT2D eigenvalue weighted by atomic mass is 10.0. The van der Waals surface area contributed by atoms with Gasteiger partial charge in [0.2, 0.25) is 0 Å². The number of aromatic nitrogens is 5. The number of halogens is 3. The first-order valence-electron chi connectivity index (χ1n) is 9.56. The number of hydrogen-bond donors (Lipinski definition) is 3. The van der Waals surface area contributed by atoms with E-state index in [1.54, 1.807) is 0 Å². The molecule has 0 unspecified atom stereocenters. The maximum atomic E-state index is 15.2. The van der Waals surface area contributed by atoms with Crippen LogP contribution in [-0.4, -0.2) is 43.3 Å². The van der Waals surface area contributed by atoms with Crippen LogP contribution < -0.4 is 10.8 Å². The molecule has 0 saturated heterocycles. The third-order valence-electron chi connectivity index (χ3n) is 4.94. The number of fused-ring (bicyclic) bond motifs is 1. The van der Waals surface area contributed by atoms with Crippen LogP contribution >= 0.6 is 0 Å². The van der Waals surface area contributed by atoms with Gasteiger partial charge in [0, 0.05) is 32.1 Å². The number of nitrogens with zero attached hydrogens (tertiary/aromatic N) is 5. The van der Waals surface area contributed by atoms with E-state index in [0.717, 1.165) is 6.07 Å². The fourth-order valence-corrected chi connectivity index (χ4v) is 3.24. The first-order chi connectivity index (χ1) is 15.6. The van der Waals surface area contributed by atoms with Crippen molar-refractivity contribution in [3.8, 4) is 11.3 Å². The highest BCUT2D eigenvalue weighted by molar-refractivity contribution is 5.92. The molecule has 0 fully saturated rings. The molecule has 0 aliphatic heterocycles. The van der Waals surface area contributed by atoms with E-state index < -0.39 is 34.5 Å². The second kappa shape index (κ2) is 7.97. The van der Waals surface area contributed by atoms with E-state index in [-0.39, 0.29) is 22.3 Å². The number of amides is 1. The van der Waals surface area contributed by atoms with Gasteiger partial charge in [0.1, 0.15) is 17.0 Å². The Hall–Kier alpha value is -4.35. The van der Waals surface area contributed by atoms with Crippen molar-refractivity contribution >= 4 is 22.6 Å². The second-order valence-corrected chi connectivity index (χ2v) is 7.11. The van der Waals surface area contributed by atoms with Crippen molar-refractivity contribution in [2.75, 3.05) is 7.05 Å². The number of nitrogens with one attached hydrogen (secondary N) is 3. The molecule has 0 aliphatic carbocycles. The van der Waals surface area contributed by atoms with E-state index in [2.05, 4.69) is 20.5 Å². The highest BCUT2D eigenvalue weighted by Gasteiger charge is 2.42. The third-order valence-corrected chi connectivity index (χ3v) is 4.94. The molecule has 168 valence electrons. The Morgan fingerprint density at radius 3 is 2.55 bits per heavy atom. The van der Waals surface area contributed by atoms with Crippen molar-refractivity contribution in [1.29, 1.82) is 10.8 Å². The second-order valence-electron chi connectivity index (χ2n) is 7.11. The van der Waals surface area contributed by atoms with Gasteiger partial charge in [-0.05, 0) is 36.4 Å². The number of benzene rings is 1. The van der Waals surface area contributed by atoms with Gasteiger partial charge in [-0.2, -0.15) is 23.7 Å². The molecule has 1 amide bonds. The summed E-state index contributed by atoms with van der Waals surface area (Å²) >= 11 is 0. The Kier molecular flexibility index (Phi) is 5.28. The number of carbonyl (C=O) groups is 1. The maximum absolute atomic E-state index is 15.2. The summed E-state index contributed by atoms with van der Waals surface area (Å²) < 4.78 is 47.1. The Morgan fingerprint density at radius 2 is 1.88 bits per heavy atom. The number of aryl methyl sites for hydroxylation is 1. The zero-order valence-corrected chi connectivity index (χ0v) is 17.4. The quantitative estimate of drug-likeness (QED) is 0.323. The lowest BCUT2D eigenvalue weighted by Crippen LogP contribution is -2.40.